The summed E-state index contributed by atoms with van der Waals surface area (Å²) in [5, 5.41) is 17.8. The van der Waals surface area contributed by atoms with Crippen LogP contribution in [-0.2, 0) is 0 Å². The smallest absolute Gasteiger partial charge is 0.183 e. The van der Waals surface area contributed by atoms with Gasteiger partial charge in [-0.05, 0) is 41.5 Å². The Balaban J connectivity index is 1.90. The van der Waals surface area contributed by atoms with E-state index in [0.29, 0.717) is 5.02 Å². The number of thiazole rings is 1. The first-order chi connectivity index (χ1) is 12.6. The van der Waals surface area contributed by atoms with Crippen molar-refractivity contribution in [2.24, 2.45) is 0 Å². The Hall–Kier alpha value is -2.56. The number of aryl methyl sites for hydroxylation is 1. The average Bonchev–Trinajstić information content (AvgIpc) is 3.06. The molecule has 1 heterocycles. The SMILES string of the molecule is Cc1cnc(NC(c2ccc(Cl)cc2)c2c(O)ccc3ccccc23)s1. The van der Waals surface area contributed by atoms with Gasteiger partial charge < -0.3 is 10.4 Å². The van der Waals surface area contributed by atoms with Crippen LogP contribution in [-0.4, -0.2) is 10.1 Å². The predicted molar refractivity (Wildman–Crippen MR) is 109 cm³/mol. The maximum Gasteiger partial charge on any atom is 0.183 e. The molecule has 3 aromatic carbocycles. The summed E-state index contributed by atoms with van der Waals surface area (Å²) in [5.41, 5.74) is 1.84. The Labute approximate surface area is 160 Å². The van der Waals surface area contributed by atoms with Crippen LogP contribution in [0.1, 0.15) is 22.0 Å². The highest BCUT2D eigenvalue weighted by molar-refractivity contribution is 7.15. The van der Waals surface area contributed by atoms with E-state index in [-0.39, 0.29) is 11.8 Å². The first kappa shape index (κ1) is 16.9. The van der Waals surface area contributed by atoms with Gasteiger partial charge in [0.1, 0.15) is 5.75 Å². The summed E-state index contributed by atoms with van der Waals surface area (Å²) in [5.74, 6) is 0.254. The summed E-state index contributed by atoms with van der Waals surface area (Å²) < 4.78 is 0. The van der Waals surface area contributed by atoms with Crippen molar-refractivity contribution in [3.8, 4) is 5.75 Å². The Morgan fingerprint density at radius 3 is 2.54 bits per heavy atom. The molecule has 0 aliphatic heterocycles. The molecular weight excluding hydrogens is 364 g/mol. The second-order valence-electron chi connectivity index (χ2n) is 6.12. The van der Waals surface area contributed by atoms with Gasteiger partial charge in [-0.3, -0.25) is 0 Å². The van der Waals surface area contributed by atoms with Gasteiger partial charge >= 0.3 is 0 Å². The van der Waals surface area contributed by atoms with Crippen LogP contribution in [0.5, 0.6) is 5.75 Å². The quantitative estimate of drug-likeness (QED) is 0.445. The van der Waals surface area contributed by atoms with Crippen molar-refractivity contribution in [3.05, 3.63) is 87.9 Å². The van der Waals surface area contributed by atoms with Gasteiger partial charge in [0, 0.05) is 21.7 Å². The Morgan fingerprint density at radius 1 is 1.04 bits per heavy atom. The third-order valence-corrected chi connectivity index (χ3v) is 5.42. The van der Waals surface area contributed by atoms with Crippen LogP contribution in [0.4, 0.5) is 5.13 Å². The van der Waals surface area contributed by atoms with Crippen LogP contribution in [0.3, 0.4) is 0 Å². The minimum atomic E-state index is -0.246. The maximum absolute atomic E-state index is 10.7. The Kier molecular flexibility index (Phi) is 4.53. The van der Waals surface area contributed by atoms with E-state index in [4.69, 9.17) is 11.6 Å². The number of fused-ring (bicyclic) bond motifs is 1. The minimum absolute atomic E-state index is 0.246. The molecule has 0 radical (unpaired) electrons. The number of phenols is 1. The van der Waals surface area contributed by atoms with E-state index >= 15 is 0 Å². The van der Waals surface area contributed by atoms with Gasteiger partial charge in [0.15, 0.2) is 5.13 Å². The van der Waals surface area contributed by atoms with Crippen LogP contribution in [0, 0.1) is 6.92 Å². The van der Waals surface area contributed by atoms with Gasteiger partial charge in [-0.25, -0.2) is 4.98 Å². The van der Waals surface area contributed by atoms with Crippen molar-refractivity contribution >= 4 is 38.8 Å². The zero-order chi connectivity index (χ0) is 18.1. The van der Waals surface area contributed by atoms with Crippen LogP contribution in [0.2, 0.25) is 5.02 Å². The zero-order valence-corrected chi connectivity index (χ0v) is 15.7. The number of aromatic nitrogens is 1. The highest BCUT2D eigenvalue weighted by Crippen LogP contribution is 2.38. The van der Waals surface area contributed by atoms with Crippen LogP contribution >= 0.6 is 22.9 Å². The predicted octanol–water partition coefficient (Wildman–Crippen LogP) is 6.17. The second kappa shape index (κ2) is 6.98. The molecule has 0 amide bonds. The van der Waals surface area contributed by atoms with Crippen molar-refractivity contribution in [1.29, 1.82) is 0 Å². The largest absolute Gasteiger partial charge is 0.508 e. The van der Waals surface area contributed by atoms with Gasteiger partial charge in [0.2, 0.25) is 0 Å². The first-order valence-corrected chi connectivity index (χ1v) is 9.46. The van der Waals surface area contributed by atoms with Gasteiger partial charge in [-0.2, -0.15) is 0 Å². The fourth-order valence-corrected chi connectivity index (χ4v) is 3.93. The molecule has 0 spiro atoms. The lowest BCUT2D eigenvalue weighted by molar-refractivity contribution is 0.468. The molecule has 0 saturated heterocycles. The number of nitrogens with one attached hydrogen (secondary N) is 1. The summed E-state index contributed by atoms with van der Waals surface area (Å²) in [6, 6.07) is 19.2. The summed E-state index contributed by atoms with van der Waals surface area (Å²) in [7, 11) is 0. The summed E-state index contributed by atoms with van der Waals surface area (Å²) >= 11 is 7.66. The van der Waals surface area contributed by atoms with E-state index in [0.717, 1.165) is 31.9 Å². The van der Waals surface area contributed by atoms with E-state index < -0.39 is 0 Å². The number of nitrogens with zero attached hydrogens (tertiary/aromatic N) is 1. The fraction of sp³-hybridized carbons (Fsp3) is 0.0952. The van der Waals surface area contributed by atoms with Crippen molar-refractivity contribution in [1.82, 2.24) is 4.98 Å². The molecule has 130 valence electrons. The van der Waals surface area contributed by atoms with E-state index in [1.165, 1.54) is 0 Å². The molecule has 1 atom stereocenters. The molecule has 0 aliphatic rings. The van der Waals surface area contributed by atoms with Crippen molar-refractivity contribution in [2.75, 3.05) is 5.32 Å². The molecule has 0 bridgehead atoms. The van der Waals surface area contributed by atoms with Crippen molar-refractivity contribution < 1.29 is 5.11 Å². The normalized spacial score (nSPS) is 12.2. The number of aromatic hydroxyl groups is 1. The number of hydrogen-bond acceptors (Lipinski definition) is 4. The Bertz CT molecular complexity index is 1060. The topological polar surface area (TPSA) is 45.2 Å². The monoisotopic (exact) mass is 380 g/mol. The highest BCUT2D eigenvalue weighted by atomic mass is 35.5. The van der Waals surface area contributed by atoms with E-state index in [1.54, 1.807) is 17.4 Å². The maximum atomic E-state index is 10.7. The summed E-state index contributed by atoms with van der Waals surface area (Å²) in [6.45, 7) is 2.02. The molecule has 1 aromatic heterocycles. The van der Waals surface area contributed by atoms with Gasteiger partial charge in [-0.1, -0.05) is 54.1 Å². The third-order valence-electron chi connectivity index (χ3n) is 4.33. The molecule has 1 unspecified atom stereocenters. The van der Waals surface area contributed by atoms with E-state index in [2.05, 4.69) is 10.3 Å². The number of phenolic OH excluding ortho intramolecular Hbond substituents is 1. The lowest BCUT2D eigenvalue weighted by Gasteiger charge is -2.22. The number of benzene rings is 3. The lowest BCUT2D eigenvalue weighted by atomic mass is 9.93. The number of hydrogen-bond donors (Lipinski definition) is 2. The highest BCUT2D eigenvalue weighted by Gasteiger charge is 2.21. The average molecular weight is 381 g/mol. The number of anilines is 1. The van der Waals surface area contributed by atoms with Gasteiger partial charge in [0.05, 0.1) is 6.04 Å². The molecule has 4 aromatic rings. The summed E-state index contributed by atoms with van der Waals surface area (Å²) in [6.07, 6.45) is 1.84. The van der Waals surface area contributed by atoms with Crippen molar-refractivity contribution in [2.45, 2.75) is 13.0 Å². The molecule has 0 fully saturated rings. The molecule has 2 N–H and O–H groups in total. The molecule has 26 heavy (non-hydrogen) atoms. The Morgan fingerprint density at radius 2 is 1.81 bits per heavy atom. The summed E-state index contributed by atoms with van der Waals surface area (Å²) in [4.78, 5) is 5.56. The van der Waals surface area contributed by atoms with E-state index in [9.17, 15) is 5.11 Å². The molecule has 0 saturated carbocycles. The fourth-order valence-electron chi connectivity index (χ4n) is 3.11. The van der Waals surface area contributed by atoms with Crippen LogP contribution in [0.25, 0.3) is 10.8 Å². The molecular formula is C21H17ClN2OS. The minimum Gasteiger partial charge on any atom is -0.508 e. The van der Waals surface area contributed by atoms with Gasteiger partial charge in [-0.15, -0.1) is 11.3 Å². The second-order valence-corrected chi connectivity index (χ2v) is 7.80. The van der Waals surface area contributed by atoms with E-state index in [1.807, 2.05) is 67.7 Å². The van der Waals surface area contributed by atoms with Crippen LogP contribution < -0.4 is 5.32 Å². The van der Waals surface area contributed by atoms with Crippen LogP contribution in [0.15, 0.2) is 66.9 Å². The third kappa shape index (κ3) is 3.26. The van der Waals surface area contributed by atoms with Gasteiger partial charge in [0.25, 0.3) is 0 Å². The zero-order valence-electron chi connectivity index (χ0n) is 14.1. The van der Waals surface area contributed by atoms with Crippen molar-refractivity contribution in [3.63, 3.8) is 0 Å². The first-order valence-electron chi connectivity index (χ1n) is 8.27. The lowest BCUT2D eigenvalue weighted by Crippen LogP contribution is -2.13. The standard InChI is InChI=1S/C21H17ClN2OS/c1-13-12-23-21(26-13)24-20(15-6-9-16(22)10-7-15)19-17-5-3-2-4-14(17)8-11-18(19)25/h2-12,20,25H,1H3,(H,23,24). The molecule has 0 aliphatic carbocycles. The molecule has 3 nitrogen and oxygen atoms in total. The number of halogens is 1. The number of rotatable bonds is 4. The molecule has 5 heteroatoms. The molecule has 4 rings (SSSR count).